The average Bonchev–Trinajstić information content (AvgIpc) is 3.60. The van der Waals surface area contributed by atoms with Crippen molar-refractivity contribution >= 4 is 45.9 Å². The molecule has 4 aliphatic heterocycles. The minimum atomic E-state index is -4.53. The number of hydrogen-bond donors (Lipinski definition) is 3. The number of likely N-dealkylation sites (tertiary alicyclic amines) is 1. The number of rotatable bonds is 16. The van der Waals surface area contributed by atoms with Crippen LogP contribution in [0.3, 0.4) is 0 Å². The van der Waals surface area contributed by atoms with E-state index in [1.807, 2.05) is 6.07 Å². The second kappa shape index (κ2) is 20.1. The third kappa shape index (κ3) is 10.5. The molecule has 14 nitrogen and oxygen atoms in total. The monoisotopic (exact) mass is 916 g/mol. The van der Waals surface area contributed by atoms with Gasteiger partial charge >= 0.3 is 6.18 Å². The third-order valence-corrected chi connectivity index (χ3v) is 14.0. The highest BCUT2D eigenvalue weighted by Crippen LogP contribution is 2.37. The zero-order valence-corrected chi connectivity index (χ0v) is 37.8. The smallest absolute Gasteiger partial charge is 0.399 e. The number of benzene rings is 2. The fourth-order valence-corrected chi connectivity index (χ4v) is 10.1. The number of piperazine rings is 1. The van der Waals surface area contributed by atoms with Gasteiger partial charge in [-0.25, -0.2) is 14.4 Å². The number of piperidine rings is 2. The van der Waals surface area contributed by atoms with E-state index in [9.17, 15) is 32.3 Å². The number of nitrogens with zero attached hydrogens (tertiary/aromatic N) is 7. The molecule has 66 heavy (non-hydrogen) atoms. The standard InChI is InChI=1S/C48H60F4N10O4/c1-30(32-22-34(48(50,51)52)25-35(53)23-32)56-43-38-27-41(47(66)58(2)44(38)55-29-54-43)61-20-18-60(19-21-61)15-9-7-5-3-4-6-8-14-59-16-12-31(13-17-59)36-24-33-28-62(46(65)37(33)26-39(36)49)40-10-11-42(63)57-45(40)64/h22-27,29-31,40H,3-21,28,53H2,1-2H3,(H,54,55,56)(H,57,63,64). The zero-order valence-electron chi connectivity index (χ0n) is 37.8. The quantitative estimate of drug-likeness (QED) is 0.0473. The third-order valence-electron chi connectivity index (χ3n) is 14.0. The van der Waals surface area contributed by atoms with Gasteiger partial charge in [0.25, 0.3) is 11.5 Å². The second-order valence-corrected chi connectivity index (χ2v) is 18.5. The van der Waals surface area contributed by atoms with E-state index in [0.29, 0.717) is 52.3 Å². The van der Waals surface area contributed by atoms with Crippen LogP contribution < -0.4 is 26.8 Å². The van der Waals surface area contributed by atoms with Crippen LogP contribution in [-0.2, 0) is 29.4 Å². The van der Waals surface area contributed by atoms with E-state index >= 15 is 4.39 Å². The van der Waals surface area contributed by atoms with Gasteiger partial charge in [0.05, 0.1) is 17.0 Å². The molecule has 2 unspecified atom stereocenters. The number of alkyl halides is 3. The Bertz CT molecular complexity index is 2500. The molecule has 0 saturated carbocycles. The maximum Gasteiger partial charge on any atom is 0.416 e. The lowest BCUT2D eigenvalue weighted by Gasteiger charge is -2.36. The van der Waals surface area contributed by atoms with Crippen molar-refractivity contribution in [3.63, 3.8) is 0 Å². The number of nitrogens with two attached hydrogens (primary N) is 1. The summed E-state index contributed by atoms with van der Waals surface area (Å²) in [5, 5.41) is 6.14. The van der Waals surface area contributed by atoms with Crippen molar-refractivity contribution in [3.05, 3.63) is 86.7 Å². The molecule has 354 valence electrons. The lowest BCUT2D eigenvalue weighted by Crippen LogP contribution is -2.52. The molecule has 6 heterocycles. The average molecular weight is 917 g/mol. The van der Waals surface area contributed by atoms with E-state index in [0.717, 1.165) is 82.6 Å². The molecule has 3 saturated heterocycles. The van der Waals surface area contributed by atoms with Crippen LogP contribution in [0.2, 0.25) is 0 Å². The fourth-order valence-electron chi connectivity index (χ4n) is 10.1. The molecule has 0 bridgehead atoms. The summed E-state index contributed by atoms with van der Waals surface area (Å²) in [6, 6.07) is 7.18. The number of aromatic nitrogens is 3. The summed E-state index contributed by atoms with van der Waals surface area (Å²) in [5.74, 6) is -1.02. The molecule has 4 N–H and O–H groups in total. The van der Waals surface area contributed by atoms with Crippen LogP contribution in [0, 0.1) is 5.82 Å². The molecule has 0 spiro atoms. The number of anilines is 3. The number of hydrogen-bond acceptors (Lipinski definition) is 11. The molecule has 18 heteroatoms. The molecule has 2 aromatic carbocycles. The van der Waals surface area contributed by atoms with Crippen molar-refractivity contribution in [1.82, 2.24) is 34.6 Å². The second-order valence-electron chi connectivity index (χ2n) is 18.5. The van der Waals surface area contributed by atoms with Crippen molar-refractivity contribution < 1.29 is 31.9 Å². The van der Waals surface area contributed by atoms with Gasteiger partial charge in [-0.2, -0.15) is 13.2 Å². The first-order chi connectivity index (χ1) is 31.6. The Balaban J connectivity index is 0.718. The van der Waals surface area contributed by atoms with Crippen LogP contribution in [0.1, 0.15) is 122 Å². The predicted molar refractivity (Wildman–Crippen MR) is 245 cm³/mol. The number of unbranched alkanes of at least 4 members (excludes halogenated alkanes) is 6. The Labute approximate surface area is 381 Å². The number of pyridine rings is 1. The first kappa shape index (κ1) is 46.9. The molecule has 0 radical (unpaired) electrons. The minimum Gasteiger partial charge on any atom is -0.399 e. The van der Waals surface area contributed by atoms with Gasteiger partial charge in [0.15, 0.2) is 0 Å². The largest absolute Gasteiger partial charge is 0.416 e. The summed E-state index contributed by atoms with van der Waals surface area (Å²) in [4.78, 5) is 67.9. The van der Waals surface area contributed by atoms with Gasteiger partial charge in [0.2, 0.25) is 11.8 Å². The highest BCUT2D eigenvalue weighted by atomic mass is 19.4. The maximum atomic E-state index is 15.4. The van der Waals surface area contributed by atoms with E-state index in [2.05, 4.69) is 35.3 Å². The Morgan fingerprint density at radius 3 is 2.17 bits per heavy atom. The van der Waals surface area contributed by atoms with Crippen molar-refractivity contribution in [1.29, 1.82) is 0 Å². The first-order valence-electron chi connectivity index (χ1n) is 23.4. The molecular formula is C48H60F4N10O4. The molecule has 8 rings (SSSR count). The fraction of sp³-hybridized carbons (Fsp3) is 0.542. The summed E-state index contributed by atoms with van der Waals surface area (Å²) in [6.45, 7) is 8.89. The van der Waals surface area contributed by atoms with Gasteiger partial charge in [-0.15, -0.1) is 0 Å². The van der Waals surface area contributed by atoms with Crippen molar-refractivity contribution in [2.75, 3.05) is 68.3 Å². The molecule has 3 amide bonds. The Kier molecular flexibility index (Phi) is 14.3. The van der Waals surface area contributed by atoms with Gasteiger partial charge in [-0.1, -0.05) is 38.2 Å². The van der Waals surface area contributed by atoms with E-state index in [-0.39, 0.29) is 54.2 Å². The van der Waals surface area contributed by atoms with E-state index in [4.69, 9.17) is 5.73 Å². The van der Waals surface area contributed by atoms with Gasteiger partial charge in [-0.3, -0.25) is 34.0 Å². The van der Waals surface area contributed by atoms with Crippen LogP contribution in [0.4, 0.5) is 34.8 Å². The molecule has 4 aromatic rings. The summed E-state index contributed by atoms with van der Waals surface area (Å²) < 4.78 is 57.4. The maximum absolute atomic E-state index is 15.4. The minimum absolute atomic E-state index is 0.0136. The van der Waals surface area contributed by atoms with Crippen LogP contribution >= 0.6 is 0 Å². The topological polar surface area (TPSA) is 162 Å². The normalized spacial score (nSPS) is 19.4. The van der Waals surface area contributed by atoms with E-state index in [1.54, 1.807) is 20.0 Å². The number of halogens is 4. The number of carbonyl (C=O) groups is 3. The zero-order chi connectivity index (χ0) is 46.7. The molecule has 2 aromatic heterocycles. The van der Waals surface area contributed by atoms with E-state index < -0.39 is 29.7 Å². The van der Waals surface area contributed by atoms with Crippen LogP contribution in [0.25, 0.3) is 11.0 Å². The summed E-state index contributed by atoms with van der Waals surface area (Å²) in [5.41, 5.74) is 7.88. The highest BCUT2D eigenvalue weighted by molar-refractivity contribution is 6.05. The van der Waals surface area contributed by atoms with Gasteiger partial charge < -0.3 is 25.8 Å². The van der Waals surface area contributed by atoms with Crippen LogP contribution in [-0.4, -0.2) is 105 Å². The number of carbonyl (C=O) groups excluding carboxylic acids is 3. The van der Waals surface area contributed by atoms with Crippen LogP contribution in [0.15, 0.2) is 47.5 Å². The molecule has 3 fully saturated rings. The SMILES string of the molecule is CC(Nc1ncnc2c1cc(N1CCN(CCCCCCCCCN3CCC(c4cc5c(cc4F)C(=O)N(C4CCC(=O)NC4=O)C5)CC3)CC1)c(=O)n2C)c1cc(N)cc(C(F)(F)F)c1. The van der Waals surface area contributed by atoms with Crippen LogP contribution in [0.5, 0.6) is 0 Å². The summed E-state index contributed by atoms with van der Waals surface area (Å²) in [6.07, 6.45) is 7.19. The van der Waals surface area contributed by atoms with Gasteiger partial charge in [-0.05, 0) is 118 Å². The number of nitrogens with one attached hydrogen (secondary N) is 2. The predicted octanol–water partition coefficient (Wildman–Crippen LogP) is 6.74. The Morgan fingerprint density at radius 1 is 0.833 bits per heavy atom. The number of amides is 3. The number of aryl methyl sites for hydroxylation is 1. The number of fused-ring (bicyclic) bond motifs is 2. The molecule has 0 aliphatic carbocycles. The van der Waals surface area contributed by atoms with Gasteiger partial charge in [0, 0.05) is 57.4 Å². The van der Waals surface area contributed by atoms with Crippen molar-refractivity contribution in [2.45, 2.75) is 108 Å². The van der Waals surface area contributed by atoms with Crippen molar-refractivity contribution in [3.8, 4) is 0 Å². The number of nitrogen functional groups attached to an aromatic ring is 1. The molecule has 2 atom stereocenters. The van der Waals surface area contributed by atoms with E-state index in [1.165, 1.54) is 60.0 Å². The highest BCUT2D eigenvalue weighted by Gasteiger charge is 2.40. The summed E-state index contributed by atoms with van der Waals surface area (Å²) in [7, 11) is 1.67. The van der Waals surface area contributed by atoms with Gasteiger partial charge in [0.1, 0.15) is 35.3 Å². The summed E-state index contributed by atoms with van der Waals surface area (Å²) >= 11 is 0. The number of imide groups is 1. The first-order valence-corrected chi connectivity index (χ1v) is 23.4. The Hall–Kier alpha value is -5.62. The molecule has 4 aliphatic rings. The van der Waals surface area contributed by atoms with Crippen molar-refractivity contribution in [2.24, 2.45) is 7.05 Å². The molecular weight excluding hydrogens is 857 g/mol. The lowest BCUT2D eigenvalue weighted by atomic mass is 9.87. The lowest BCUT2D eigenvalue weighted by molar-refractivity contribution is -0.138. The Morgan fingerprint density at radius 2 is 1.50 bits per heavy atom.